The summed E-state index contributed by atoms with van der Waals surface area (Å²) in [4.78, 5) is 0. The molecule has 0 aromatic carbocycles. The van der Waals surface area contributed by atoms with Crippen molar-refractivity contribution in [3.8, 4) is 0 Å². The predicted molar refractivity (Wildman–Crippen MR) is 51.9 cm³/mol. The lowest BCUT2D eigenvalue weighted by molar-refractivity contribution is 0.437. The van der Waals surface area contributed by atoms with E-state index in [1.807, 2.05) is 0 Å². The predicted octanol–water partition coefficient (Wildman–Crippen LogP) is -0.739. The third kappa shape index (κ3) is 1.91. The smallest absolute Gasteiger partial charge is 0.291 e. The van der Waals surface area contributed by atoms with Gasteiger partial charge in [0.05, 0.1) is 0 Å². The first-order valence-electron chi connectivity index (χ1n) is 3.69. The van der Waals surface area contributed by atoms with Gasteiger partial charge >= 0.3 is 0 Å². The molecule has 0 heterocycles. The van der Waals surface area contributed by atoms with Crippen molar-refractivity contribution in [1.29, 1.82) is 0 Å². The Morgan fingerprint density at radius 1 is 1.20 bits per heavy atom. The van der Waals surface area contributed by atoms with Crippen LogP contribution in [0.25, 0.3) is 0 Å². The van der Waals surface area contributed by atoms with Crippen LogP contribution in [0.4, 0.5) is 0 Å². The van der Waals surface area contributed by atoms with Crippen LogP contribution in [0, 0.1) is 0 Å². The van der Waals surface area contributed by atoms with Crippen LogP contribution in [0.1, 0.15) is 6.42 Å². The summed E-state index contributed by atoms with van der Waals surface area (Å²) in [7, 11) is -10.0. The Morgan fingerprint density at radius 2 is 1.67 bits per heavy atom. The Hall–Kier alpha value is -0.900. The molecule has 9 heteroatoms. The fraction of sp³-hybridized carbons (Fsp3) is 0.333. The van der Waals surface area contributed by atoms with Crippen LogP contribution in [0.3, 0.4) is 0 Å². The largest absolute Gasteiger partial charge is 0.399 e. The highest BCUT2D eigenvalue weighted by molar-refractivity contribution is 8.05. The van der Waals surface area contributed by atoms with E-state index in [1.54, 1.807) is 0 Å². The van der Waals surface area contributed by atoms with Gasteiger partial charge < -0.3 is 5.73 Å². The molecule has 1 aliphatic carbocycles. The Morgan fingerprint density at radius 3 is 1.93 bits per heavy atom. The number of hydrogen-bond donors (Lipinski definition) is 3. The molecule has 0 fully saturated rings. The molecular weight excluding hydrogens is 246 g/mol. The first-order chi connectivity index (χ1) is 6.60. The fourth-order valence-electron chi connectivity index (χ4n) is 1.21. The van der Waals surface area contributed by atoms with Gasteiger partial charge in [-0.1, -0.05) is 6.08 Å². The highest BCUT2D eigenvalue weighted by Gasteiger charge is 2.53. The topological polar surface area (TPSA) is 135 Å². The van der Waals surface area contributed by atoms with E-state index in [0.29, 0.717) is 6.08 Å². The van der Waals surface area contributed by atoms with Crippen LogP contribution in [0.15, 0.2) is 23.9 Å². The maximum absolute atomic E-state index is 11.0. The molecule has 4 N–H and O–H groups in total. The molecule has 1 rings (SSSR count). The van der Waals surface area contributed by atoms with Gasteiger partial charge in [-0.2, -0.15) is 16.8 Å². The lowest BCUT2D eigenvalue weighted by Crippen LogP contribution is -2.45. The normalized spacial score (nSPS) is 21.1. The summed E-state index contributed by atoms with van der Waals surface area (Å²) >= 11 is 0. The molecule has 86 valence electrons. The molecule has 7 nitrogen and oxygen atoms in total. The Balaban J connectivity index is 3.57. The molecule has 0 saturated carbocycles. The first-order valence-corrected chi connectivity index (χ1v) is 6.57. The molecular formula is C6H9NO6S2. The minimum absolute atomic E-state index is 0.170. The lowest BCUT2D eigenvalue weighted by Gasteiger charge is -2.25. The molecule has 0 amide bonds. The molecule has 0 radical (unpaired) electrons. The fourth-order valence-corrected chi connectivity index (χ4v) is 3.46. The first kappa shape index (κ1) is 12.2. The summed E-state index contributed by atoms with van der Waals surface area (Å²) < 4.78 is 58.8. The Bertz CT molecular complexity index is 494. The second-order valence-corrected chi connectivity index (χ2v) is 6.63. The standard InChI is InChI=1S/C6H9NO6S2/c7-5-2-1-3-6(4-5,14(8,9)10)15(11,12)13/h1-2,4H,3,7H2,(H,8,9,10)(H,11,12,13). The molecule has 0 unspecified atom stereocenters. The second-order valence-electron chi connectivity index (χ2n) is 3.01. The van der Waals surface area contributed by atoms with Crippen molar-refractivity contribution in [2.45, 2.75) is 10.5 Å². The number of nitrogens with two attached hydrogens (primary N) is 1. The van der Waals surface area contributed by atoms with E-state index in [4.69, 9.17) is 14.8 Å². The Kier molecular flexibility index (Phi) is 2.68. The molecule has 0 atom stereocenters. The van der Waals surface area contributed by atoms with Gasteiger partial charge in [-0.3, -0.25) is 9.11 Å². The van der Waals surface area contributed by atoms with Crippen LogP contribution in [-0.2, 0) is 20.2 Å². The van der Waals surface area contributed by atoms with Crippen LogP contribution in [0.5, 0.6) is 0 Å². The Labute approximate surface area is 86.8 Å². The minimum Gasteiger partial charge on any atom is -0.399 e. The summed E-state index contributed by atoms with van der Waals surface area (Å²) in [6.45, 7) is 0. The van der Waals surface area contributed by atoms with Crippen molar-refractivity contribution in [3.05, 3.63) is 23.9 Å². The SMILES string of the molecule is NC1=CC(S(=O)(=O)O)(S(=O)(=O)O)CC=C1. The van der Waals surface area contributed by atoms with E-state index in [1.165, 1.54) is 6.08 Å². The highest BCUT2D eigenvalue weighted by atomic mass is 32.3. The highest BCUT2D eigenvalue weighted by Crippen LogP contribution is 2.32. The maximum Gasteiger partial charge on any atom is 0.291 e. The molecule has 1 aliphatic rings. The summed E-state index contributed by atoms with van der Waals surface area (Å²) in [6.07, 6.45) is 2.41. The van der Waals surface area contributed by atoms with Gasteiger partial charge in [0, 0.05) is 12.1 Å². The van der Waals surface area contributed by atoms with E-state index >= 15 is 0 Å². The zero-order valence-corrected chi connectivity index (χ0v) is 8.99. The van der Waals surface area contributed by atoms with Gasteiger partial charge in [-0.05, 0) is 12.2 Å². The second kappa shape index (κ2) is 3.30. The molecule has 0 aromatic heterocycles. The van der Waals surface area contributed by atoms with Crippen LogP contribution < -0.4 is 5.73 Å². The quantitative estimate of drug-likeness (QED) is 0.553. The van der Waals surface area contributed by atoms with E-state index < -0.39 is 30.7 Å². The van der Waals surface area contributed by atoms with Crippen molar-refractivity contribution in [1.82, 2.24) is 0 Å². The van der Waals surface area contributed by atoms with Gasteiger partial charge in [0.15, 0.2) is 0 Å². The van der Waals surface area contributed by atoms with Crippen LogP contribution in [0.2, 0.25) is 0 Å². The van der Waals surface area contributed by atoms with Crippen LogP contribution >= 0.6 is 0 Å². The monoisotopic (exact) mass is 255 g/mol. The van der Waals surface area contributed by atoms with Gasteiger partial charge in [0.1, 0.15) is 0 Å². The average Bonchev–Trinajstić information content (AvgIpc) is 1.99. The van der Waals surface area contributed by atoms with E-state index in [9.17, 15) is 16.8 Å². The van der Waals surface area contributed by atoms with Crippen molar-refractivity contribution >= 4 is 20.2 Å². The number of hydrogen-bond acceptors (Lipinski definition) is 5. The van der Waals surface area contributed by atoms with E-state index in [0.717, 1.165) is 6.08 Å². The zero-order chi connectivity index (χ0) is 11.9. The van der Waals surface area contributed by atoms with Crippen LogP contribution in [-0.4, -0.2) is 30.0 Å². The zero-order valence-electron chi connectivity index (χ0n) is 7.36. The van der Waals surface area contributed by atoms with Gasteiger partial charge in [0.2, 0.25) is 4.08 Å². The molecule has 0 spiro atoms. The molecule has 15 heavy (non-hydrogen) atoms. The summed E-state index contributed by atoms with van der Waals surface area (Å²) in [6, 6.07) is 0. The third-order valence-corrected chi connectivity index (χ3v) is 5.55. The number of allylic oxidation sites excluding steroid dienone is 2. The van der Waals surface area contributed by atoms with E-state index in [2.05, 4.69) is 0 Å². The minimum atomic E-state index is -5.02. The van der Waals surface area contributed by atoms with Gasteiger partial charge in [-0.15, -0.1) is 0 Å². The van der Waals surface area contributed by atoms with E-state index in [-0.39, 0.29) is 5.70 Å². The van der Waals surface area contributed by atoms with Crippen molar-refractivity contribution in [3.63, 3.8) is 0 Å². The molecule has 0 bridgehead atoms. The molecule has 0 aliphatic heterocycles. The number of rotatable bonds is 2. The lowest BCUT2D eigenvalue weighted by atomic mass is 10.1. The maximum atomic E-state index is 11.0. The molecule has 0 aromatic rings. The third-order valence-electron chi connectivity index (χ3n) is 1.97. The summed E-state index contributed by atoms with van der Waals surface area (Å²) in [5, 5.41) is 0. The summed E-state index contributed by atoms with van der Waals surface area (Å²) in [5.74, 6) is 0. The summed E-state index contributed by atoms with van der Waals surface area (Å²) in [5.41, 5.74) is 5.06. The van der Waals surface area contributed by atoms with Gasteiger partial charge in [0.25, 0.3) is 20.2 Å². The van der Waals surface area contributed by atoms with Crippen molar-refractivity contribution in [2.24, 2.45) is 5.73 Å². The van der Waals surface area contributed by atoms with Gasteiger partial charge in [-0.25, -0.2) is 0 Å². The van der Waals surface area contributed by atoms with Crippen molar-refractivity contribution in [2.75, 3.05) is 0 Å². The molecule has 0 saturated heterocycles. The van der Waals surface area contributed by atoms with Crippen molar-refractivity contribution < 1.29 is 25.9 Å². The average molecular weight is 255 g/mol.